The predicted octanol–water partition coefficient (Wildman–Crippen LogP) is 4.00. The first kappa shape index (κ1) is 22.0. The van der Waals surface area contributed by atoms with E-state index in [0.29, 0.717) is 16.1 Å². The van der Waals surface area contributed by atoms with Crippen LogP contribution in [-0.4, -0.2) is 38.0 Å². The standard InChI is InChI=1S/C23H24BrN3O3S/c1-13-10-16-6-4-5-7-20(16)27(13)21(29)15(3)31-23-25-19-9-8-17(24)11-18(19)22(30)26(23)12-14(2)28/h4-9,11,13-15,28H,10,12H2,1-3H3/t13-,14+,15-/m0/s1. The molecule has 0 saturated heterocycles. The number of amides is 1. The number of para-hydroxylation sites is 1. The summed E-state index contributed by atoms with van der Waals surface area (Å²) >= 11 is 4.65. The van der Waals surface area contributed by atoms with Gasteiger partial charge in [0.05, 0.1) is 28.8 Å². The molecule has 0 spiro atoms. The van der Waals surface area contributed by atoms with Crippen LogP contribution < -0.4 is 10.5 Å². The molecule has 2 heterocycles. The van der Waals surface area contributed by atoms with Crippen molar-refractivity contribution in [3.05, 3.63) is 62.9 Å². The van der Waals surface area contributed by atoms with Crippen LogP contribution in [0.5, 0.6) is 0 Å². The van der Waals surface area contributed by atoms with Gasteiger partial charge in [-0.2, -0.15) is 0 Å². The average Bonchev–Trinajstić information content (AvgIpc) is 3.06. The maximum atomic E-state index is 13.4. The monoisotopic (exact) mass is 501 g/mol. The van der Waals surface area contributed by atoms with Gasteiger partial charge in [-0.25, -0.2) is 4.98 Å². The van der Waals surface area contributed by atoms with E-state index in [0.717, 1.165) is 16.6 Å². The number of hydrogen-bond acceptors (Lipinski definition) is 5. The van der Waals surface area contributed by atoms with E-state index in [1.54, 1.807) is 19.1 Å². The molecular weight excluding hydrogens is 478 g/mol. The number of hydrogen-bond donors (Lipinski definition) is 1. The van der Waals surface area contributed by atoms with E-state index in [4.69, 9.17) is 0 Å². The Hall–Kier alpha value is -2.16. The van der Waals surface area contributed by atoms with Gasteiger partial charge >= 0.3 is 0 Å². The van der Waals surface area contributed by atoms with Crippen molar-refractivity contribution in [2.24, 2.45) is 0 Å². The lowest BCUT2D eigenvalue weighted by atomic mass is 10.1. The molecule has 162 valence electrons. The molecule has 0 unspecified atom stereocenters. The van der Waals surface area contributed by atoms with Crippen molar-refractivity contribution in [2.45, 2.75) is 56.3 Å². The highest BCUT2D eigenvalue weighted by Crippen LogP contribution is 2.34. The molecule has 1 aliphatic heterocycles. The number of anilines is 1. The number of aromatic nitrogens is 2. The van der Waals surface area contributed by atoms with Gasteiger partial charge in [-0.05, 0) is 57.0 Å². The second-order valence-corrected chi connectivity index (χ2v) is 10.2. The predicted molar refractivity (Wildman–Crippen MR) is 128 cm³/mol. The molecule has 0 saturated carbocycles. The lowest BCUT2D eigenvalue weighted by Crippen LogP contribution is -2.40. The van der Waals surface area contributed by atoms with Crippen LogP contribution in [0.4, 0.5) is 5.69 Å². The van der Waals surface area contributed by atoms with Crippen molar-refractivity contribution in [1.82, 2.24) is 9.55 Å². The number of benzene rings is 2. The topological polar surface area (TPSA) is 75.4 Å². The summed E-state index contributed by atoms with van der Waals surface area (Å²) in [6.45, 7) is 5.62. The third-order valence-corrected chi connectivity index (χ3v) is 6.97. The number of carbonyl (C=O) groups is 1. The molecule has 3 aromatic rings. The van der Waals surface area contributed by atoms with E-state index in [9.17, 15) is 14.7 Å². The highest BCUT2D eigenvalue weighted by atomic mass is 79.9. The van der Waals surface area contributed by atoms with Gasteiger partial charge in [-0.1, -0.05) is 45.9 Å². The van der Waals surface area contributed by atoms with Crippen molar-refractivity contribution in [3.8, 4) is 0 Å². The third kappa shape index (κ3) is 4.29. The van der Waals surface area contributed by atoms with Gasteiger partial charge in [-0.15, -0.1) is 0 Å². The normalized spacial score (nSPS) is 17.6. The zero-order valence-corrected chi connectivity index (χ0v) is 20.0. The molecule has 0 bridgehead atoms. The third-order valence-electron chi connectivity index (χ3n) is 5.40. The van der Waals surface area contributed by atoms with E-state index in [1.165, 1.54) is 21.9 Å². The number of nitrogens with zero attached hydrogens (tertiary/aromatic N) is 3. The first-order valence-corrected chi connectivity index (χ1v) is 11.9. The van der Waals surface area contributed by atoms with Gasteiger partial charge in [-0.3, -0.25) is 14.2 Å². The number of fused-ring (bicyclic) bond motifs is 2. The number of thioether (sulfide) groups is 1. The van der Waals surface area contributed by atoms with Gasteiger partial charge in [0.15, 0.2) is 5.16 Å². The summed E-state index contributed by atoms with van der Waals surface area (Å²) in [7, 11) is 0. The molecule has 2 aromatic carbocycles. The summed E-state index contributed by atoms with van der Waals surface area (Å²) in [5.41, 5.74) is 2.46. The number of aliphatic hydroxyl groups is 1. The Labute approximate surface area is 193 Å². The first-order chi connectivity index (χ1) is 14.8. The molecule has 0 radical (unpaired) electrons. The molecule has 1 N–H and O–H groups in total. The molecule has 31 heavy (non-hydrogen) atoms. The smallest absolute Gasteiger partial charge is 0.262 e. The Bertz CT molecular complexity index is 1210. The molecule has 1 aromatic heterocycles. The van der Waals surface area contributed by atoms with Crippen molar-refractivity contribution in [1.29, 1.82) is 0 Å². The molecule has 0 aliphatic carbocycles. The zero-order valence-electron chi connectivity index (χ0n) is 17.6. The Morgan fingerprint density at radius 1 is 1.29 bits per heavy atom. The van der Waals surface area contributed by atoms with Gasteiger partial charge in [0.1, 0.15) is 0 Å². The molecule has 3 atom stereocenters. The molecule has 0 fully saturated rings. The van der Waals surface area contributed by atoms with Crippen LogP contribution in [0.25, 0.3) is 10.9 Å². The lowest BCUT2D eigenvalue weighted by Gasteiger charge is -2.26. The fourth-order valence-electron chi connectivity index (χ4n) is 3.99. The van der Waals surface area contributed by atoms with E-state index in [-0.39, 0.29) is 24.1 Å². The Morgan fingerprint density at radius 2 is 2.03 bits per heavy atom. The van der Waals surface area contributed by atoms with Crippen molar-refractivity contribution in [3.63, 3.8) is 0 Å². The summed E-state index contributed by atoms with van der Waals surface area (Å²) in [4.78, 5) is 33.0. The van der Waals surface area contributed by atoms with Crippen molar-refractivity contribution < 1.29 is 9.90 Å². The number of aliphatic hydroxyl groups excluding tert-OH is 1. The Balaban J connectivity index is 1.70. The zero-order chi connectivity index (χ0) is 22.3. The maximum absolute atomic E-state index is 13.4. The summed E-state index contributed by atoms with van der Waals surface area (Å²) in [5, 5.41) is 10.4. The largest absolute Gasteiger partial charge is 0.392 e. The summed E-state index contributed by atoms with van der Waals surface area (Å²) in [6.07, 6.45) is 0.106. The number of rotatable bonds is 5. The van der Waals surface area contributed by atoms with Gasteiger partial charge < -0.3 is 10.0 Å². The molecular formula is C23H24BrN3O3S. The van der Waals surface area contributed by atoms with Crippen LogP contribution in [0.15, 0.2) is 56.9 Å². The van der Waals surface area contributed by atoms with Crippen molar-refractivity contribution in [2.75, 3.05) is 4.90 Å². The fourth-order valence-corrected chi connectivity index (χ4v) is 5.32. The second kappa shape index (κ2) is 8.76. The fraction of sp³-hybridized carbons (Fsp3) is 0.348. The minimum Gasteiger partial charge on any atom is -0.392 e. The van der Waals surface area contributed by atoms with Gasteiger partial charge in [0.25, 0.3) is 5.56 Å². The highest BCUT2D eigenvalue weighted by molar-refractivity contribution is 9.10. The van der Waals surface area contributed by atoms with Crippen LogP contribution in [0.2, 0.25) is 0 Å². The van der Waals surface area contributed by atoms with Crippen LogP contribution in [0.1, 0.15) is 26.3 Å². The summed E-state index contributed by atoms with van der Waals surface area (Å²) in [6, 6.07) is 13.4. The maximum Gasteiger partial charge on any atom is 0.262 e. The molecule has 1 aliphatic rings. The number of halogens is 1. The van der Waals surface area contributed by atoms with Crippen LogP contribution in [0.3, 0.4) is 0 Å². The van der Waals surface area contributed by atoms with Crippen molar-refractivity contribution >= 4 is 50.2 Å². The highest BCUT2D eigenvalue weighted by Gasteiger charge is 2.34. The van der Waals surface area contributed by atoms with E-state index >= 15 is 0 Å². The molecule has 1 amide bonds. The number of carbonyl (C=O) groups excluding carboxylic acids is 1. The van der Waals surface area contributed by atoms with Gasteiger partial charge in [0.2, 0.25) is 5.91 Å². The molecule has 4 rings (SSSR count). The van der Waals surface area contributed by atoms with Crippen LogP contribution >= 0.6 is 27.7 Å². The van der Waals surface area contributed by atoms with E-state index < -0.39 is 11.4 Å². The van der Waals surface area contributed by atoms with E-state index in [2.05, 4.69) is 27.0 Å². The van der Waals surface area contributed by atoms with Crippen LogP contribution in [-0.2, 0) is 17.8 Å². The minimum absolute atomic E-state index is 0.0174. The lowest BCUT2D eigenvalue weighted by molar-refractivity contribution is -0.118. The minimum atomic E-state index is -0.722. The first-order valence-electron chi connectivity index (χ1n) is 10.2. The summed E-state index contributed by atoms with van der Waals surface area (Å²) in [5.74, 6) is -0.0174. The Kier molecular flexibility index (Phi) is 6.23. The average molecular weight is 502 g/mol. The van der Waals surface area contributed by atoms with Gasteiger partial charge in [0, 0.05) is 16.2 Å². The SMILES string of the molecule is C[C@H](Sc1nc2ccc(Br)cc2c(=O)n1C[C@@H](C)O)C(=O)N1c2ccccc2C[C@@H]1C. The second-order valence-electron chi connectivity index (χ2n) is 7.97. The van der Waals surface area contributed by atoms with E-state index in [1.807, 2.05) is 43.0 Å². The molecule has 8 heteroatoms. The molecule has 6 nitrogen and oxygen atoms in total. The summed E-state index contributed by atoms with van der Waals surface area (Å²) < 4.78 is 2.25. The Morgan fingerprint density at radius 3 is 2.77 bits per heavy atom. The quantitative estimate of drug-likeness (QED) is 0.422. The van der Waals surface area contributed by atoms with Crippen LogP contribution in [0, 0.1) is 0 Å².